The van der Waals surface area contributed by atoms with E-state index >= 15 is 0 Å². The van der Waals surface area contributed by atoms with Gasteiger partial charge in [-0.3, -0.25) is 0 Å². The minimum atomic E-state index is -3.88. The molecule has 0 amide bonds. The van der Waals surface area contributed by atoms with Gasteiger partial charge >= 0.3 is 0 Å². The van der Waals surface area contributed by atoms with Crippen LogP contribution in [0.5, 0.6) is 0 Å². The molecular formula is C12H14ClN5O2S. The van der Waals surface area contributed by atoms with E-state index in [2.05, 4.69) is 19.9 Å². The van der Waals surface area contributed by atoms with Crippen molar-refractivity contribution in [2.75, 3.05) is 10.5 Å². The molecule has 0 fully saturated rings. The maximum Gasteiger partial charge on any atom is 0.264 e. The molecule has 0 aliphatic rings. The van der Waals surface area contributed by atoms with Crippen molar-refractivity contribution in [2.24, 2.45) is 0 Å². The lowest BCUT2D eigenvalue weighted by Gasteiger charge is -2.10. The third-order valence-corrected chi connectivity index (χ3v) is 4.69. The molecule has 0 unspecified atom stereocenters. The van der Waals surface area contributed by atoms with E-state index in [0.29, 0.717) is 22.6 Å². The Hall–Kier alpha value is -1.93. The van der Waals surface area contributed by atoms with Crippen molar-refractivity contribution in [1.82, 2.24) is 15.2 Å². The molecule has 0 saturated carbocycles. The first-order valence-corrected chi connectivity index (χ1v) is 7.83. The lowest BCUT2D eigenvalue weighted by Crippen LogP contribution is -2.16. The summed E-state index contributed by atoms with van der Waals surface area (Å²) < 4.78 is 26.8. The molecule has 0 spiro atoms. The van der Waals surface area contributed by atoms with E-state index in [9.17, 15) is 8.42 Å². The minimum absolute atomic E-state index is 0.0579. The minimum Gasteiger partial charge on any atom is -0.398 e. The summed E-state index contributed by atoms with van der Waals surface area (Å²) in [5, 5.41) is 7.78. The molecule has 3 N–H and O–H groups in total. The van der Waals surface area contributed by atoms with E-state index in [4.69, 9.17) is 17.3 Å². The number of anilines is 2. The first-order valence-electron chi connectivity index (χ1n) is 5.97. The predicted molar refractivity (Wildman–Crippen MR) is 80.7 cm³/mol. The Bertz CT molecular complexity index is 784. The third kappa shape index (κ3) is 3.22. The van der Waals surface area contributed by atoms with Crippen LogP contribution in [0.3, 0.4) is 0 Å². The van der Waals surface area contributed by atoms with E-state index in [1.54, 1.807) is 20.8 Å². The summed E-state index contributed by atoms with van der Waals surface area (Å²) in [6.07, 6.45) is 0. The Kier molecular flexibility index (Phi) is 4.02. The molecule has 1 aromatic heterocycles. The zero-order valence-corrected chi connectivity index (χ0v) is 13.2. The molecule has 9 heteroatoms. The van der Waals surface area contributed by atoms with E-state index < -0.39 is 10.0 Å². The number of hydrogen-bond donors (Lipinski definition) is 2. The van der Waals surface area contributed by atoms with Gasteiger partial charge in [-0.15, -0.1) is 5.10 Å². The number of halogens is 1. The molecule has 2 rings (SSSR count). The summed E-state index contributed by atoms with van der Waals surface area (Å²) in [5.74, 6) is -0.103. The number of nitrogens with zero attached hydrogens (tertiary/aromatic N) is 3. The summed E-state index contributed by atoms with van der Waals surface area (Å²) in [4.78, 5) is 3.96. The Morgan fingerprint density at radius 3 is 2.38 bits per heavy atom. The number of nitrogens with one attached hydrogen (secondary N) is 1. The Balaban J connectivity index is 2.40. The Morgan fingerprint density at radius 2 is 1.81 bits per heavy atom. The van der Waals surface area contributed by atoms with Crippen LogP contribution in [0, 0.1) is 20.8 Å². The van der Waals surface area contributed by atoms with Gasteiger partial charge < -0.3 is 5.73 Å². The normalized spacial score (nSPS) is 11.4. The van der Waals surface area contributed by atoms with E-state index in [1.165, 1.54) is 12.1 Å². The van der Waals surface area contributed by atoms with Crippen LogP contribution in [-0.4, -0.2) is 23.6 Å². The molecule has 0 aliphatic carbocycles. The van der Waals surface area contributed by atoms with Gasteiger partial charge in [0.1, 0.15) is 0 Å². The quantitative estimate of drug-likeness (QED) is 0.832. The molecule has 7 nitrogen and oxygen atoms in total. The number of sulfonamides is 1. The van der Waals surface area contributed by atoms with Gasteiger partial charge in [0.05, 0.1) is 16.3 Å². The Morgan fingerprint density at radius 1 is 1.14 bits per heavy atom. The molecule has 1 aromatic carbocycles. The number of aryl methyl sites for hydroxylation is 2. The van der Waals surface area contributed by atoms with Crippen LogP contribution in [0.4, 0.5) is 11.6 Å². The van der Waals surface area contributed by atoms with Crippen molar-refractivity contribution in [3.05, 3.63) is 34.1 Å². The second-order valence-corrected chi connectivity index (χ2v) is 6.62. The summed E-state index contributed by atoms with van der Waals surface area (Å²) in [7, 11) is -3.88. The zero-order valence-electron chi connectivity index (χ0n) is 11.7. The average Bonchev–Trinajstić information content (AvgIpc) is 2.39. The van der Waals surface area contributed by atoms with Crippen molar-refractivity contribution < 1.29 is 8.42 Å². The highest BCUT2D eigenvalue weighted by Crippen LogP contribution is 2.26. The van der Waals surface area contributed by atoms with Crippen molar-refractivity contribution in [3.8, 4) is 0 Å². The highest BCUT2D eigenvalue weighted by atomic mass is 35.5. The van der Waals surface area contributed by atoms with Crippen molar-refractivity contribution >= 4 is 33.3 Å². The van der Waals surface area contributed by atoms with Gasteiger partial charge in [0, 0.05) is 10.7 Å². The summed E-state index contributed by atoms with van der Waals surface area (Å²) in [6.45, 7) is 5.15. The molecule has 1 heterocycles. The van der Waals surface area contributed by atoms with Gasteiger partial charge in [-0.2, -0.15) is 5.10 Å². The van der Waals surface area contributed by atoms with Crippen LogP contribution in [0.2, 0.25) is 5.02 Å². The maximum atomic E-state index is 12.3. The highest BCUT2D eigenvalue weighted by molar-refractivity contribution is 7.92. The van der Waals surface area contributed by atoms with Crippen LogP contribution in [0.25, 0.3) is 0 Å². The number of hydrogen-bond acceptors (Lipinski definition) is 6. The third-order valence-electron chi connectivity index (χ3n) is 2.99. The summed E-state index contributed by atoms with van der Waals surface area (Å²) in [5.41, 5.74) is 7.87. The molecule has 0 atom stereocenters. The fourth-order valence-corrected chi connectivity index (χ4v) is 2.80. The molecule has 0 aliphatic heterocycles. The number of benzene rings is 1. The van der Waals surface area contributed by atoms with E-state index in [1.807, 2.05) is 0 Å². The average molecular weight is 328 g/mol. The van der Waals surface area contributed by atoms with Crippen LogP contribution < -0.4 is 10.5 Å². The van der Waals surface area contributed by atoms with Crippen LogP contribution >= 0.6 is 11.6 Å². The van der Waals surface area contributed by atoms with Gasteiger partial charge in [0.15, 0.2) is 0 Å². The number of nitrogen functional groups attached to an aromatic ring is 1. The van der Waals surface area contributed by atoms with Crippen LogP contribution in [-0.2, 0) is 10.0 Å². The molecule has 0 saturated heterocycles. The topological polar surface area (TPSA) is 111 Å². The molecule has 2 aromatic rings. The molecule has 0 radical (unpaired) electrons. The van der Waals surface area contributed by atoms with Crippen molar-refractivity contribution in [2.45, 2.75) is 25.7 Å². The van der Waals surface area contributed by atoms with Crippen LogP contribution in [0.1, 0.15) is 17.0 Å². The fraction of sp³-hybridized carbons (Fsp3) is 0.250. The van der Waals surface area contributed by atoms with Gasteiger partial charge in [-0.25, -0.2) is 18.1 Å². The van der Waals surface area contributed by atoms with Crippen LogP contribution in [0.15, 0.2) is 17.0 Å². The summed E-state index contributed by atoms with van der Waals surface area (Å²) in [6, 6.07) is 2.65. The van der Waals surface area contributed by atoms with E-state index in [0.717, 1.165) is 0 Å². The smallest absolute Gasteiger partial charge is 0.264 e. The highest BCUT2D eigenvalue weighted by Gasteiger charge is 2.18. The van der Waals surface area contributed by atoms with Gasteiger partial charge in [-0.1, -0.05) is 11.6 Å². The first kappa shape index (κ1) is 15.5. The fourth-order valence-electron chi connectivity index (χ4n) is 1.51. The number of rotatable bonds is 3. The zero-order chi connectivity index (χ0) is 15.8. The lowest BCUT2D eigenvalue weighted by molar-refractivity contribution is 0.600. The van der Waals surface area contributed by atoms with Gasteiger partial charge in [0.2, 0.25) is 0 Å². The standard InChI is InChI=1S/C12H14ClN5O2S/c1-6-10(13)4-9(5-11(6)14)21(19,20)18-12-15-7(2)8(3)16-17-12/h4-5H,14H2,1-3H3,(H,15,17,18). The first-order chi connectivity index (χ1) is 9.70. The van der Waals surface area contributed by atoms with Gasteiger partial charge in [-0.05, 0) is 38.5 Å². The molecular weight excluding hydrogens is 314 g/mol. The molecule has 21 heavy (non-hydrogen) atoms. The van der Waals surface area contributed by atoms with Crippen molar-refractivity contribution in [3.63, 3.8) is 0 Å². The second-order valence-electron chi connectivity index (χ2n) is 4.53. The molecule has 112 valence electrons. The SMILES string of the molecule is Cc1nnc(NS(=O)(=O)c2cc(N)c(C)c(Cl)c2)nc1C. The monoisotopic (exact) mass is 327 g/mol. The van der Waals surface area contributed by atoms with E-state index in [-0.39, 0.29) is 15.9 Å². The lowest BCUT2D eigenvalue weighted by atomic mass is 10.2. The number of nitrogens with two attached hydrogens (primary N) is 1. The number of aromatic nitrogens is 3. The molecule has 0 bridgehead atoms. The summed E-state index contributed by atoms with van der Waals surface area (Å²) >= 11 is 5.96. The van der Waals surface area contributed by atoms with Gasteiger partial charge in [0.25, 0.3) is 16.0 Å². The maximum absolute atomic E-state index is 12.3. The Labute approximate surface area is 127 Å². The van der Waals surface area contributed by atoms with Crippen molar-refractivity contribution in [1.29, 1.82) is 0 Å². The second kappa shape index (κ2) is 5.45. The largest absolute Gasteiger partial charge is 0.398 e. The predicted octanol–water partition coefficient (Wildman–Crippen LogP) is 1.83.